The van der Waals surface area contributed by atoms with E-state index in [0.29, 0.717) is 19.6 Å². The highest BCUT2D eigenvalue weighted by atomic mass is 16.6. The first kappa shape index (κ1) is 14.9. The second-order valence-corrected chi connectivity index (χ2v) is 4.17. The van der Waals surface area contributed by atoms with Crippen molar-refractivity contribution in [2.45, 2.75) is 19.8 Å². The van der Waals surface area contributed by atoms with Gasteiger partial charge in [0, 0.05) is 31.3 Å². The minimum atomic E-state index is -0.434. The number of benzene rings is 1. The van der Waals surface area contributed by atoms with Crippen LogP contribution < -0.4 is 4.90 Å². The van der Waals surface area contributed by atoms with Gasteiger partial charge in [-0.2, -0.15) is 0 Å². The van der Waals surface area contributed by atoms with Gasteiger partial charge in [0.25, 0.3) is 5.69 Å². The average molecular weight is 266 g/mol. The number of anilines is 1. The van der Waals surface area contributed by atoms with E-state index in [1.165, 1.54) is 12.1 Å². The number of rotatable bonds is 7. The van der Waals surface area contributed by atoms with Crippen LogP contribution in [0.5, 0.6) is 0 Å². The quantitative estimate of drug-likeness (QED) is 0.430. The Hall–Kier alpha value is -2.11. The summed E-state index contributed by atoms with van der Waals surface area (Å²) in [5, 5.41) is 10.5. The Kier molecular flexibility index (Phi) is 5.78. The number of hydrogen-bond donors (Lipinski definition) is 0. The predicted molar refractivity (Wildman–Crippen MR) is 72.2 cm³/mol. The molecule has 0 N–H and O–H groups in total. The van der Waals surface area contributed by atoms with Gasteiger partial charge in [-0.05, 0) is 18.6 Å². The molecule has 0 atom stereocenters. The fourth-order valence-electron chi connectivity index (χ4n) is 1.53. The van der Waals surface area contributed by atoms with Gasteiger partial charge in [-0.15, -0.1) is 0 Å². The van der Waals surface area contributed by atoms with Crippen molar-refractivity contribution in [2.75, 3.05) is 25.1 Å². The number of non-ortho nitro benzene ring substituents is 1. The van der Waals surface area contributed by atoms with Crippen LogP contribution in [-0.2, 0) is 9.53 Å². The Morgan fingerprint density at radius 3 is 2.53 bits per heavy atom. The first-order chi connectivity index (χ1) is 9.04. The summed E-state index contributed by atoms with van der Waals surface area (Å²) >= 11 is 0. The summed E-state index contributed by atoms with van der Waals surface area (Å²) in [5.74, 6) is -0.195. The summed E-state index contributed by atoms with van der Waals surface area (Å²) in [6, 6.07) is 6.25. The van der Waals surface area contributed by atoms with Crippen LogP contribution in [-0.4, -0.2) is 31.1 Å². The first-order valence-electron chi connectivity index (χ1n) is 6.15. The van der Waals surface area contributed by atoms with Crippen LogP contribution in [0, 0.1) is 10.1 Å². The predicted octanol–water partition coefficient (Wildman–Crippen LogP) is 2.37. The highest BCUT2D eigenvalue weighted by molar-refractivity contribution is 5.69. The average Bonchev–Trinajstić information content (AvgIpc) is 2.39. The molecule has 0 unspecified atom stereocenters. The summed E-state index contributed by atoms with van der Waals surface area (Å²) in [6.07, 6.45) is 1.21. The van der Waals surface area contributed by atoms with E-state index in [4.69, 9.17) is 4.74 Å². The number of nitrogens with zero attached hydrogens (tertiary/aromatic N) is 2. The summed E-state index contributed by atoms with van der Waals surface area (Å²) < 4.78 is 5.05. The van der Waals surface area contributed by atoms with Crippen molar-refractivity contribution in [1.29, 1.82) is 0 Å². The lowest BCUT2D eigenvalue weighted by Gasteiger charge is -2.18. The third-order valence-corrected chi connectivity index (χ3v) is 2.65. The molecule has 6 nitrogen and oxygen atoms in total. The fourth-order valence-corrected chi connectivity index (χ4v) is 1.53. The number of nitro benzene ring substituents is 1. The van der Waals surface area contributed by atoms with Gasteiger partial charge in [0.1, 0.15) is 6.61 Å². The molecule has 0 saturated heterocycles. The summed E-state index contributed by atoms with van der Waals surface area (Å²) in [4.78, 5) is 23.1. The zero-order valence-corrected chi connectivity index (χ0v) is 11.2. The Morgan fingerprint density at radius 1 is 1.37 bits per heavy atom. The van der Waals surface area contributed by atoms with Crippen molar-refractivity contribution in [3.05, 3.63) is 34.4 Å². The standard InChI is InChI=1S/C13H18N2O4/c1-3-4-13(16)19-10-9-14(2)11-5-7-12(8-6-11)15(17)18/h5-8H,3-4,9-10H2,1-2H3. The Morgan fingerprint density at radius 2 is 2.00 bits per heavy atom. The molecule has 104 valence electrons. The number of ether oxygens (including phenoxy) is 1. The van der Waals surface area contributed by atoms with Gasteiger partial charge in [0.2, 0.25) is 0 Å². The highest BCUT2D eigenvalue weighted by Gasteiger charge is 2.07. The van der Waals surface area contributed by atoms with Gasteiger partial charge in [-0.3, -0.25) is 14.9 Å². The molecule has 6 heteroatoms. The number of hydrogen-bond acceptors (Lipinski definition) is 5. The molecule has 1 rings (SSSR count). The van der Waals surface area contributed by atoms with E-state index in [2.05, 4.69) is 0 Å². The van der Waals surface area contributed by atoms with E-state index < -0.39 is 4.92 Å². The van der Waals surface area contributed by atoms with Crippen molar-refractivity contribution < 1.29 is 14.5 Å². The van der Waals surface area contributed by atoms with Crippen LogP contribution in [0.1, 0.15) is 19.8 Å². The van der Waals surface area contributed by atoms with Crippen LogP contribution in [0.3, 0.4) is 0 Å². The minimum Gasteiger partial charge on any atom is -0.464 e. The van der Waals surface area contributed by atoms with E-state index in [-0.39, 0.29) is 11.7 Å². The Balaban J connectivity index is 2.43. The number of carbonyl (C=O) groups is 1. The highest BCUT2D eigenvalue weighted by Crippen LogP contribution is 2.17. The fraction of sp³-hybridized carbons (Fsp3) is 0.462. The molecule has 1 aromatic rings. The van der Waals surface area contributed by atoms with Crippen LogP contribution in [0.2, 0.25) is 0 Å². The van der Waals surface area contributed by atoms with Gasteiger partial charge in [0.05, 0.1) is 11.5 Å². The number of esters is 1. The molecule has 1 aromatic carbocycles. The molecule has 0 spiro atoms. The molecule has 0 bridgehead atoms. The third kappa shape index (κ3) is 4.95. The van der Waals surface area contributed by atoms with Gasteiger partial charge >= 0.3 is 5.97 Å². The van der Waals surface area contributed by atoms with Crippen molar-refractivity contribution in [3.8, 4) is 0 Å². The van der Waals surface area contributed by atoms with E-state index in [0.717, 1.165) is 12.1 Å². The molecule has 0 heterocycles. The second kappa shape index (κ2) is 7.35. The molecular weight excluding hydrogens is 248 g/mol. The molecule has 0 aliphatic heterocycles. The molecule has 0 aromatic heterocycles. The summed E-state index contributed by atoms with van der Waals surface area (Å²) in [6.45, 7) is 2.78. The van der Waals surface area contributed by atoms with Crippen molar-refractivity contribution in [2.24, 2.45) is 0 Å². The molecule has 0 amide bonds. The topological polar surface area (TPSA) is 72.7 Å². The van der Waals surface area contributed by atoms with Crippen molar-refractivity contribution in [1.82, 2.24) is 0 Å². The maximum Gasteiger partial charge on any atom is 0.305 e. The molecule has 0 radical (unpaired) electrons. The summed E-state index contributed by atoms with van der Waals surface area (Å²) in [5.41, 5.74) is 0.906. The van der Waals surface area contributed by atoms with Crippen LogP contribution >= 0.6 is 0 Å². The summed E-state index contributed by atoms with van der Waals surface area (Å²) in [7, 11) is 1.84. The first-order valence-corrected chi connectivity index (χ1v) is 6.15. The third-order valence-electron chi connectivity index (χ3n) is 2.65. The minimum absolute atomic E-state index is 0.0616. The van der Waals surface area contributed by atoms with Crippen LogP contribution in [0.25, 0.3) is 0 Å². The smallest absolute Gasteiger partial charge is 0.305 e. The van der Waals surface area contributed by atoms with Gasteiger partial charge in [-0.1, -0.05) is 6.92 Å². The monoisotopic (exact) mass is 266 g/mol. The molecule has 0 saturated carbocycles. The second-order valence-electron chi connectivity index (χ2n) is 4.17. The number of nitro groups is 1. The number of carbonyl (C=O) groups excluding carboxylic acids is 1. The maximum atomic E-state index is 11.2. The van der Waals surface area contributed by atoms with E-state index in [1.54, 1.807) is 12.1 Å². The molecular formula is C13H18N2O4. The maximum absolute atomic E-state index is 11.2. The zero-order chi connectivity index (χ0) is 14.3. The number of likely N-dealkylation sites (N-methyl/N-ethyl adjacent to an activating group) is 1. The van der Waals surface area contributed by atoms with Crippen molar-refractivity contribution in [3.63, 3.8) is 0 Å². The zero-order valence-electron chi connectivity index (χ0n) is 11.2. The van der Waals surface area contributed by atoms with Gasteiger partial charge in [0.15, 0.2) is 0 Å². The van der Waals surface area contributed by atoms with Crippen molar-refractivity contribution >= 4 is 17.3 Å². The van der Waals surface area contributed by atoms with E-state index in [9.17, 15) is 14.9 Å². The van der Waals surface area contributed by atoms with Gasteiger partial charge < -0.3 is 9.64 Å². The SMILES string of the molecule is CCCC(=O)OCCN(C)c1ccc([N+](=O)[O-])cc1. The molecule has 19 heavy (non-hydrogen) atoms. The lowest BCUT2D eigenvalue weighted by molar-refractivity contribution is -0.384. The van der Waals surface area contributed by atoms with Gasteiger partial charge in [-0.25, -0.2) is 0 Å². The lowest BCUT2D eigenvalue weighted by atomic mass is 10.2. The van der Waals surface area contributed by atoms with Crippen LogP contribution in [0.4, 0.5) is 11.4 Å². The Bertz CT molecular complexity index is 431. The lowest BCUT2D eigenvalue weighted by Crippen LogP contribution is -2.23. The largest absolute Gasteiger partial charge is 0.464 e. The van der Waals surface area contributed by atoms with E-state index in [1.807, 2.05) is 18.9 Å². The molecule has 0 aliphatic rings. The van der Waals surface area contributed by atoms with E-state index >= 15 is 0 Å². The molecule has 0 aliphatic carbocycles. The molecule has 0 fully saturated rings. The van der Waals surface area contributed by atoms with Crippen LogP contribution in [0.15, 0.2) is 24.3 Å². The normalized spacial score (nSPS) is 10.0. The Labute approximate surface area is 112 Å².